The van der Waals surface area contributed by atoms with Gasteiger partial charge in [-0.15, -0.1) is 0 Å². The highest BCUT2D eigenvalue weighted by Gasteiger charge is 2.42. The average molecular weight is 253 g/mol. The molecule has 1 aliphatic heterocycles. The van der Waals surface area contributed by atoms with Gasteiger partial charge in [-0.2, -0.15) is 0 Å². The number of carboxylic acids is 1. The molecule has 3 nitrogen and oxygen atoms in total. The lowest BCUT2D eigenvalue weighted by Gasteiger charge is -2.39. The Balaban J connectivity index is 1.99. The van der Waals surface area contributed by atoms with E-state index in [2.05, 4.69) is 11.8 Å². The topological polar surface area (TPSA) is 40.5 Å². The Hall–Kier alpha value is -0.570. The normalized spacial score (nSPS) is 35.1. The van der Waals surface area contributed by atoms with Crippen molar-refractivity contribution in [2.45, 2.75) is 58.3 Å². The third-order valence-electron chi connectivity index (χ3n) is 4.91. The Morgan fingerprint density at radius 3 is 2.22 bits per heavy atom. The van der Waals surface area contributed by atoms with Gasteiger partial charge in [0.1, 0.15) is 0 Å². The Bertz CT molecular complexity index is 274. The zero-order chi connectivity index (χ0) is 13.0. The fourth-order valence-corrected chi connectivity index (χ4v) is 3.48. The van der Waals surface area contributed by atoms with Crippen LogP contribution in [0.5, 0.6) is 0 Å². The number of rotatable bonds is 3. The summed E-state index contributed by atoms with van der Waals surface area (Å²) < 4.78 is 0. The van der Waals surface area contributed by atoms with E-state index >= 15 is 0 Å². The van der Waals surface area contributed by atoms with E-state index < -0.39 is 11.4 Å². The maximum Gasteiger partial charge on any atom is 0.310 e. The summed E-state index contributed by atoms with van der Waals surface area (Å²) in [5.74, 6) is 0.153. The quantitative estimate of drug-likeness (QED) is 0.840. The SMILES string of the molecule is CC1CCC(CN2CCCCCC2)(C(=O)O)CC1. The molecule has 0 aromatic rings. The van der Waals surface area contributed by atoms with Crippen LogP contribution in [0.15, 0.2) is 0 Å². The average Bonchev–Trinajstić information content (AvgIpc) is 2.60. The van der Waals surface area contributed by atoms with Crippen LogP contribution in [0.2, 0.25) is 0 Å². The van der Waals surface area contributed by atoms with Gasteiger partial charge in [-0.05, 0) is 57.5 Å². The Morgan fingerprint density at radius 2 is 1.72 bits per heavy atom. The van der Waals surface area contributed by atoms with Crippen LogP contribution >= 0.6 is 0 Å². The molecule has 1 heterocycles. The molecule has 104 valence electrons. The first-order valence-corrected chi connectivity index (χ1v) is 7.58. The first-order chi connectivity index (χ1) is 8.62. The van der Waals surface area contributed by atoms with Gasteiger partial charge in [-0.3, -0.25) is 4.79 Å². The van der Waals surface area contributed by atoms with Crippen molar-refractivity contribution in [3.63, 3.8) is 0 Å². The Labute approximate surface area is 111 Å². The monoisotopic (exact) mass is 253 g/mol. The minimum absolute atomic E-state index is 0.448. The predicted octanol–water partition coefficient (Wildman–Crippen LogP) is 3.14. The van der Waals surface area contributed by atoms with Crippen molar-refractivity contribution in [1.82, 2.24) is 4.90 Å². The molecule has 0 aromatic heterocycles. The minimum atomic E-state index is -0.557. The Kier molecular flexibility index (Phi) is 4.66. The highest BCUT2D eigenvalue weighted by molar-refractivity contribution is 5.75. The molecule has 1 N–H and O–H groups in total. The van der Waals surface area contributed by atoms with E-state index in [1.165, 1.54) is 25.7 Å². The van der Waals surface area contributed by atoms with Crippen molar-refractivity contribution in [1.29, 1.82) is 0 Å². The molecule has 2 fully saturated rings. The van der Waals surface area contributed by atoms with E-state index in [1.807, 2.05) is 0 Å². The van der Waals surface area contributed by atoms with Crippen LogP contribution < -0.4 is 0 Å². The van der Waals surface area contributed by atoms with Crippen LogP contribution in [-0.4, -0.2) is 35.6 Å². The Morgan fingerprint density at radius 1 is 1.17 bits per heavy atom. The van der Waals surface area contributed by atoms with Gasteiger partial charge in [0, 0.05) is 6.54 Å². The second-order valence-corrected chi connectivity index (χ2v) is 6.46. The molecule has 2 aliphatic rings. The number of aliphatic carboxylic acids is 1. The summed E-state index contributed by atoms with van der Waals surface area (Å²) in [7, 11) is 0. The second-order valence-electron chi connectivity index (χ2n) is 6.46. The van der Waals surface area contributed by atoms with Crippen LogP contribution in [-0.2, 0) is 4.79 Å². The summed E-state index contributed by atoms with van der Waals surface area (Å²) in [4.78, 5) is 14.1. The molecule has 0 radical (unpaired) electrons. The van der Waals surface area contributed by atoms with Crippen LogP contribution in [0.1, 0.15) is 58.3 Å². The zero-order valence-electron chi connectivity index (χ0n) is 11.7. The number of likely N-dealkylation sites (tertiary alicyclic amines) is 1. The molecule has 1 aliphatic carbocycles. The first-order valence-electron chi connectivity index (χ1n) is 7.58. The van der Waals surface area contributed by atoms with Crippen LogP contribution in [0, 0.1) is 11.3 Å². The highest BCUT2D eigenvalue weighted by Crippen LogP contribution is 2.40. The molecule has 3 heteroatoms. The number of nitrogens with zero attached hydrogens (tertiary/aromatic N) is 1. The first kappa shape index (κ1) is 13.9. The summed E-state index contributed by atoms with van der Waals surface area (Å²) in [5, 5.41) is 9.65. The molecule has 0 unspecified atom stereocenters. The van der Waals surface area contributed by atoms with E-state index in [0.29, 0.717) is 5.92 Å². The molecule has 0 spiro atoms. The van der Waals surface area contributed by atoms with E-state index in [0.717, 1.165) is 45.3 Å². The van der Waals surface area contributed by atoms with Crippen LogP contribution in [0.3, 0.4) is 0 Å². The van der Waals surface area contributed by atoms with Gasteiger partial charge < -0.3 is 10.0 Å². The van der Waals surface area contributed by atoms with E-state index in [-0.39, 0.29) is 0 Å². The van der Waals surface area contributed by atoms with Crippen molar-refractivity contribution in [2.75, 3.05) is 19.6 Å². The minimum Gasteiger partial charge on any atom is -0.481 e. The molecule has 1 saturated carbocycles. The van der Waals surface area contributed by atoms with Crippen LogP contribution in [0.25, 0.3) is 0 Å². The fourth-order valence-electron chi connectivity index (χ4n) is 3.48. The number of carbonyl (C=O) groups is 1. The van der Waals surface area contributed by atoms with E-state index in [9.17, 15) is 9.90 Å². The molecule has 1 saturated heterocycles. The van der Waals surface area contributed by atoms with Crippen molar-refractivity contribution in [3.05, 3.63) is 0 Å². The molecule has 2 rings (SSSR count). The van der Waals surface area contributed by atoms with Gasteiger partial charge in [0.15, 0.2) is 0 Å². The van der Waals surface area contributed by atoms with E-state index in [1.54, 1.807) is 0 Å². The summed E-state index contributed by atoms with van der Waals surface area (Å²) in [6.07, 6.45) is 9.03. The number of hydrogen-bond acceptors (Lipinski definition) is 2. The standard InChI is InChI=1S/C15H27NO2/c1-13-6-8-15(9-7-13,14(17)18)12-16-10-4-2-3-5-11-16/h13H,2-12H2,1H3,(H,17,18). The molecule has 18 heavy (non-hydrogen) atoms. The fraction of sp³-hybridized carbons (Fsp3) is 0.933. The maximum absolute atomic E-state index is 11.7. The molecule has 0 bridgehead atoms. The number of carboxylic acid groups (broad SMARTS) is 1. The van der Waals surface area contributed by atoms with Gasteiger partial charge >= 0.3 is 5.97 Å². The summed E-state index contributed by atoms with van der Waals surface area (Å²) in [6, 6.07) is 0. The molecule has 0 aromatic carbocycles. The lowest BCUT2D eigenvalue weighted by Crippen LogP contribution is -2.45. The summed E-state index contributed by atoms with van der Waals surface area (Å²) >= 11 is 0. The number of hydrogen-bond donors (Lipinski definition) is 1. The molecular formula is C15H27NO2. The highest BCUT2D eigenvalue weighted by atomic mass is 16.4. The van der Waals surface area contributed by atoms with E-state index in [4.69, 9.17) is 0 Å². The zero-order valence-corrected chi connectivity index (χ0v) is 11.7. The predicted molar refractivity (Wildman–Crippen MR) is 72.6 cm³/mol. The summed E-state index contributed by atoms with van der Waals surface area (Å²) in [6.45, 7) is 5.24. The third kappa shape index (κ3) is 3.25. The third-order valence-corrected chi connectivity index (χ3v) is 4.91. The van der Waals surface area contributed by atoms with Crippen molar-refractivity contribution in [2.24, 2.45) is 11.3 Å². The smallest absolute Gasteiger partial charge is 0.310 e. The molecular weight excluding hydrogens is 226 g/mol. The van der Waals surface area contributed by atoms with Gasteiger partial charge in [0.2, 0.25) is 0 Å². The second kappa shape index (κ2) is 6.05. The van der Waals surface area contributed by atoms with Gasteiger partial charge in [-0.25, -0.2) is 0 Å². The van der Waals surface area contributed by atoms with Gasteiger partial charge in [0.25, 0.3) is 0 Å². The molecule has 0 amide bonds. The van der Waals surface area contributed by atoms with Gasteiger partial charge in [0.05, 0.1) is 5.41 Å². The van der Waals surface area contributed by atoms with Crippen molar-refractivity contribution < 1.29 is 9.90 Å². The molecule has 0 atom stereocenters. The van der Waals surface area contributed by atoms with Crippen molar-refractivity contribution in [3.8, 4) is 0 Å². The van der Waals surface area contributed by atoms with Gasteiger partial charge in [-0.1, -0.05) is 19.8 Å². The summed E-state index contributed by atoms with van der Waals surface area (Å²) in [5.41, 5.74) is -0.448. The lowest BCUT2D eigenvalue weighted by atomic mass is 9.70. The van der Waals surface area contributed by atoms with Crippen LogP contribution in [0.4, 0.5) is 0 Å². The maximum atomic E-state index is 11.7. The largest absolute Gasteiger partial charge is 0.481 e. The lowest BCUT2D eigenvalue weighted by molar-refractivity contribution is -0.153. The van der Waals surface area contributed by atoms with Crippen molar-refractivity contribution >= 4 is 5.97 Å².